The summed E-state index contributed by atoms with van der Waals surface area (Å²) in [6.45, 7) is 8.39. The van der Waals surface area contributed by atoms with Crippen LogP contribution in [0.1, 0.15) is 61.7 Å². The third-order valence-electron chi connectivity index (χ3n) is 6.86. The van der Waals surface area contributed by atoms with Crippen LogP contribution in [0.4, 0.5) is 11.4 Å². The van der Waals surface area contributed by atoms with Crippen LogP contribution in [0.25, 0.3) is 5.00 Å². The Bertz CT molecular complexity index is 1480. The zero-order chi connectivity index (χ0) is 25.4. The predicted molar refractivity (Wildman–Crippen MR) is 160 cm³/mol. The molecule has 6 heteroatoms. The zero-order valence-electron chi connectivity index (χ0n) is 21.1. The number of benzene rings is 2. The second kappa shape index (κ2) is 10.3. The van der Waals surface area contributed by atoms with Gasteiger partial charge in [0.2, 0.25) is 0 Å². The summed E-state index contributed by atoms with van der Waals surface area (Å²) in [5, 5.41) is 4.18. The van der Waals surface area contributed by atoms with E-state index < -0.39 is 0 Å². The van der Waals surface area contributed by atoms with Gasteiger partial charge in [-0.1, -0.05) is 17.7 Å². The molecule has 0 unspecified atom stereocenters. The van der Waals surface area contributed by atoms with Crippen molar-refractivity contribution in [2.75, 3.05) is 5.32 Å². The normalized spacial score (nSPS) is 13.2. The van der Waals surface area contributed by atoms with E-state index in [2.05, 4.69) is 78.4 Å². The number of fused-ring (bicyclic) bond motifs is 1. The van der Waals surface area contributed by atoms with Crippen molar-refractivity contribution in [1.29, 1.82) is 0 Å². The van der Waals surface area contributed by atoms with Crippen LogP contribution in [-0.4, -0.2) is 16.7 Å². The van der Waals surface area contributed by atoms with Crippen molar-refractivity contribution in [2.24, 2.45) is 4.99 Å². The molecule has 0 fully saturated rings. The third-order valence-corrected chi connectivity index (χ3v) is 9.34. The van der Waals surface area contributed by atoms with E-state index in [0.717, 1.165) is 58.2 Å². The van der Waals surface area contributed by atoms with Gasteiger partial charge in [-0.25, -0.2) is 0 Å². The summed E-state index contributed by atoms with van der Waals surface area (Å²) in [4.78, 5) is 19.8. The highest BCUT2D eigenvalue weighted by Crippen LogP contribution is 2.39. The largest absolute Gasteiger partial charge is 0.322 e. The van der Waals surface area contributed by atoms with Crippen molar-refractivity contribution in [3.05, 3.63) is 96.2 Å². The number of carbonyl (C=O) groups excluding carboxylic acids is 1. The van der Waals surface area contributed by atoms with E-state index in [9.17, 15) is 4.79 Å². The number of anilines is 1. The van der Waals surface area contributed by atoms with Crippen LogP contribution in [0.5, 0.6) is 0 Å². The standard InChI is InChI=1S/C30H30IN3OS/c1-18-9-11-23(12-10-18)33-29(35)28-25-7-5-6-8-27(25)36-30(28)34-20(3)16-22(21(34)4)17-32-24-13-14-26(31)19(2)15-24/h9-17H,5-8H2,1-4H3,(H,33,35). The van der Waals surface area contributed by atoms with E-state index in [1.165, 1.54) is 31.6 Å². The molecule has 1 aliphatic rings. The molecular weight excluding hydrogens is 577 g/mol. The first kappa shape index (κ1) is 25.0. The first-order valence-electron chi connectivity index (χ1n) is 12.3. The van der Waals surface area contributed by atoms with Gasteiger partial charge in [-0.2, -0.15) is 0 Å². The number of hydrogen-bond donors (Lipinski definition) is 1. The summed E-state index contributed by atoms with van der Waals surface area (Å²) < 4.78 is 3.48. The topological polar surface area (TPSA) is 46.4 Å². The second-order valence-electron chi connectivity index (χ2n) is 9.56. The Morgan fingerprint density at radius 2 is 1.78 bits per heavy atom. The van der Waals surface area contributed by atoms with Crippen LogP contribution in [0.2, 0.25) is 0 Å². The molecule has 1 amide bonds. The average Bonchev–Trinajstić information content (AvgIpc) is 3.37. The summed E-state index contributed by atoms with van der Waals surface area (Å²) in [6, 6.07) is 16.4. The fourth-order valence-corrected chi connectivity index (χ4v) is 6.69. The van der Waals surface area contributed by atoms with Crippen molar-refractivity contribution < 1.29 is 4.79 Å². The Morgan fingerprint density at radius 3 is 2.53 bits per heavy atom. The molecule has 0 saturated heterocycles. The molecule has 4 nitrogen and oxygen atoms in total. The number of nitrogens with one attached hydrogen (secondary N) is 1. The van der Waals surface area contributed by atoms with Gasteiger partial charge in [0.1, 0.15) is 5.00 Å². The summed E-state index contributed by atoms with van der Waals surface area (Å²) in [6.07, 6.45) is 6.26. The Kier molecular flexibility index (Phi) is 7.17. The van der Waals surface area contributed by atoms with Crippen molar-refractivity contribution >= 4 is 57.4 Å². The molecular formula is C30H30IN3OS. The Morgan fingerprint density at radius 1 is 1.03 bits per heavy atom. The van der Waals surface area contributed by atoms with Crippen LogP contribution < -0.4 is 5.32 Å². The molecule has 2 aromatic heterocycles. The van der Waals surface area contributed by atoms with Gasteiger partial charge in [-0.05, 0) is 123 Å². The molecule has 36 heavy (non-hydrogen) atoms. The van der Waals surface area contributed by atoms with E-state index in [1.807, 2.05) is 36.5 Å². The van der Waals surface area contributed by atoms with Crippen molar-refractivity contribution in [3.63, 3.8) is 0 Å². The van der Waals surface area contributed by atoms with Gasteiger partial charge in [0.25, 0.3) is 5.91 Å². The number of aryl methyl sites for hydroxylation is 4. The lowest BCUT2D eigenvalue weighted by molar-refractivity contribution is 0.102. The molecule has 5 rings (SSSR count). The van der Waals surface area contributed by atoms with Crippen molar-refractivity contribution in [1.82, 2.24) is 4.57 Å². The number of aliphatic imine (C=N–C) groups is 1. The average molecular weight is 608 g/mol. The van der Waals surface area contributed by atoms with Crippen LogP contribution in [0.3, 0.4) is 0 Å². The SMILES string of the molecule is Cc1ccc(NC(=O)c2c(-n3c(C)cc(C=Nc4ccc(I)c(C)c4)c3C)sc3c2CCCC3)cc1. The minimum atomic E-state index is -0.0228. The molecule has 0 spiro atoms. The van der Waals surface area contributed by atoms with Crippen LogP contribution in [0.15, 0.2) is 53.5 Å². The summed E-state index contributed by atoms with van der Waals surface area (Å²) in [5.74, 6) is -0.0228. The maximum absolute atomic E-state index is 13.7. The third kappa shape index (κ3) is 4.93. The van der Waals surface area contributed by atoms with Crippen molar-refractivity contribution in [2.45, 2.75) is 53.4 Å². The minimum Gasteiger partial charge on any atom is -0.322 e. The first-order valence-corrected chi connectivity index (χ1v) is 14.2. The minimum absolute atomic E-state index is 0.0228. The number of halogens is 1. The summed E-state index contributed by atoms with van der Waals surface area (Å²) >= 11 is 4.12. The maximum atomic E-state index is 13.7. The monoisotopic (exact) mass is 607 g/mol. The van der Waals surface area contributed by atoms with E-state index >= 15 is 0 Å². The van der Waals surface area contributed by atoms with Gasteiger partial charge in [0, 0.05) is 37.3 Å². The van der Waals surface area contributed by atoms with Gasteiger partial charge >= 0.3 is 0 Å². The summed E-state index contributed by atoms with van der Waals surface area (Å²) in [7, 11) is 0. The molecule has 2 heterocycles. The predicted octanol–water partition coefficient (Wildman–Crippen LogP) is 8.26. The van der Waals surface area contributed by atoms with Gasteiger partial charge < -0.3 is 9.88 Å². The molecule has 0 radical (unpaired) electrons. The molecule has 0 aliphatic heterocycles. The lowest BCUT2D eigenvalue weighted by Gasteiger charge is -2.14. The van der Waals surface area contributed by atoms with E-state index in [-0.39, 0.29) is 5.91 Å². The van der Waals surface area contributed by atoms with E-state index in [4.69, 9.17) is 4.99 Å². The number of aromatic nitrogens is 1. The fourth-order valence-electron chi connectivity index (χ4n) is 4.86. The van der Waals surface area contributed by atoms with E-state index in [0.29, 0.717) is 0 Å². The molecule has 0 saturated carbocycles. The molecule has 1 aliphatic carbocycles. The van der Waals surface area contributed by atoms with Crippen molar-refractivity contribution in [3.8, 4) is 5.00 Å². The fraction of sp³-hybridized carbons (Fsp3) is 0.267. The molecule has 184 valence electrons. The van der Waals surface area contributed by atoms with Crippen LogP contribution in [0, 0.1) is 31.3 Å². The number of nitrogens with zero attached hydrogens (tertiary/aromatic N) is 2. The van der Waals surface area contributed by atoms with E-state index in [1.54, 1.807) is 11.3 Å². The first-order chi connectivity index (χ1) is 17.3. The number of thiophene rings is 1. The van der Waals surface area contributed by atoms with Gasteiger partial charge in [-0.15, -0.1) is 11.3 Å². The Hall–Kier alpha value is -2.71. The van der Waals surface area contributed by atoms with Gasteiger partial charge in [0.05, 0.1) is 11.3 Å². The zero-order valence-corrected chi connectivity index (χ0v) is 24.1. The molecule has 0 bridgehead atoms. The quantitative estimate of drug-likeness (QED) is 0.180. The highest BCUT2D eigenvalue weighted by Gasteiger charge is 2.28. The van der Waals surface area contributed by atoms with Crippen LogP contribution >= 0.6 is 33.9 Å². The molecule has 1 N–H and O–H groups in total. The smallest absolute Gasteiger partial charge is 0.258 e. The highest BCUT2D eigenvalue weighted by atomic mass is 127. The van der Waals surface area contributed by atoms with Gasteiger partial charge in [-0.3, -0.25) is 9.79 Å². The van der Waals surface area contributed by atoms with Crippen LogP contribution in [-0.2, 0) is 12.8 Å². The molecule has 2 aromatic carbocycles. The number of amides is 1. The molecule has 0 atom stereocenters. The lowest BCUT2D eigenvalue weighted by atomic mass is 9.95. The summed E-state index contributed by atoms with van der Waals surface area (Å²) in [5.41, 5.74) is 9.50. The highest BCUT2D eigenvalue weighted by molar-refractivity contribution is 14.1. The number of rotatable bonds is 5. The second-order valence-corrected chi connectivity index (χ2v) is 11.8. The van der Waals surface area contributed by atoms with Gasteiger partial charge in [0.15, 0.2) is 0 Å². The number of carbonyl (C=O) groups is 1. The molecule has 4 aromatic rings. The Labute approximate surface area is 230 Å². The lowest BCUT2D eigenvalue weighted by Crippen LogP contribution is -2.17. The Balaban J connectivity index is 1.54. The maximum Gasteiger partial charge on any atom is 0.258 e. The number of hydrogen-bond acceptors (Lipinski definition) is 3.